The molecule has 2 atom stereocenters. The van der Waals surface area contributed by atoms with Gasteiger partial charge in [-0.05, 0) is 39.3 Å². The number of piperidine rings is 1. The number of rotatable bonds is 5. The van der Waals surface area contributed by atoms with E-state index in [2.05, 4.69) is 31.1 Å². The van der Waals surface area contributed by atoms with Gasteiger partial charge in [-0.15, -0.1) is 0 Å². The fourth-order valence-corrected chi connectivity index (χ4v) is 5.20. The lowest BCUT2D eigenvalue weighted by atomic mass is 9.83. The summed E-state index contributed by atoms with van der Waals surface area (Å²) in [6.07, 6.45) is 2.72. The summed E-state index contributed by atoms with van der Waals surface area (Å²) >= 11 is 0. The van der Waals surface area contributed by atoms with Gasteiger partial charge in [0.15, 0.2) is 0 Å². The number of nitrogens with zero attached hydrogens (tertiary/aromatic N) is 7. The van der Waals surface area contributed by atoms with Gasteiger partial charge in [0.05, 0.1) is 5.69 Å². The minimum atomic E-state index is 0.143. The van der Waals surface area contributed by atoms with Crippen molar-refractivity contribution in [2.45, 2.75) is 45.8 Å². The predicted molar refractivity (Wildman–Crippen MR) is 116 cm³/mol. The lowest BCUT2D eigenvalue weighted by Crippen LogP contribution is -2.48. The van der Waals surface area contributed by atoms with Crippen LogP contribution in [0.25, 0.3) is 0 Å². The predicted octanol–water partition coefficient (Wildman–Crippen LogP) is 1.84. The van der Waals surface area contributed by atoms with Crippen LogP contribution in [0.5, 0.6) is 0 Å². The summed E-state index contributed by atoms with van der Waals surface area (Å²) in [7, 11) is 3.96. The molecule has 0 aromatic carbocycles. The van der Waals surface area contributed by atoms with E-state index in [0.29, 0.717) is 24.9 Å². The zero-order valence-corrected chi connectivity index (χ0v) is 18.6. The van der Waals surface area contributed by atoms with Gasteiger partial charge in [0.25, 0.3) is 5.56 Å². The minimum absolute atomic E-state index is 0.143. The fourth-order valence-electron chi connectivity index (χ4n) is 5.20. The Balaban J connectivity index is 1.36. The van der Waals surface area contributed by atoms with Crippen LogP contribution in [0.15, 0.2) is 27.8 Å². The zero-order valence-electron chi connectivity index (χ0n) is 18.6. The number of hydrogen-bond donors (Lipinski definition) is 0. The van der Waals surface area contributed by atoms with Crippen LogP contribution >= 0.6 is 0 Å². The Morgan fingerprint density at radius 3 is 2.74 bits per heavy atom. The molecule has 1 saturated heterocycles. The van der Waals surface area contributed by atoms with E-state index in [1.165, 1.54) is 0 Å². The summed E-state index contributed by atoms with van der Waals surface area (Å²) in [5.74, 6) is 2.52. The molecule has 0 amide bonds. The van der Waals surface area contributed by atoms with Crippen LogP contribution < -0.4 is 10.5 Å². The topological polar surface area (TPSA) is 85.2 Å². The molecule has 9 nitrogen and oxygen atoms in total. The third-order valence-electron chi connectivity index (χ3n) is 6.70. The standard InChI is InChI=1S/C22H29N7O2/c1-14-19(15(2)31-25-14)12-26(3)10-17-5-6-20-18-7-16(9-29(20)21(17)30)8-28(11-18)22-23-13-24-27(22)4/h5-6,13,16,18H,7-12H2,1-4H3/t16-,18+/m0/s1. The molecule has 0 spiro atoms. The van der Waals surface area contributed by atoms with Crippen molar-refractivity contribution in [3.63, 3.8) is 0 Å². The summed E-state index contributed by atoms with van der Waals surface area (Å²) < 4.78 is 9.12. The van der Waals surface area contributed by atoms with E-state index in [9.17, 15) is 4.79 Å². The van der Waals surface area contributed by atoms with Crippen LogP contribution in [0.3, 0.4) is 0 Å². The molecule has 2 aliphatic rings. The summed E-state index contributed by atoms with van der Waals surface area (Å²) in [5.41, 5.74) is 4.13. The summed E-state index contributed by atoms with van der Waals surface area (Å²) in [6.45, 7) is 7.74. The molecular weight excluding hydrogens is 394 g/mol. The Morgan fingerprint density at radius 1 is 1.19 bits per heavy atom. The molecule has 1 fully saturated rings. The highest BCUT2D eigenvalue weighted by Crippen LogP contribution is 2.36. The maximum absolute atomic E-state index is 13.3. The van der Waals surface area contributed by atoms with Gasteiger partial charge in [-0.25, -0.2) is 4.68 Å². The lowest BCUT2D eigenvalue weighted by Gasteiger charge is -2.43. The van der Waals surface area contributed by atoms with Crippen molar-refractivity contribution in [1.29, 1.82) is 0 Å². The van der Waals surface area contributed by atoms with Crippen molar-refractivity contribution in [2.24, 2.45) is 13.0 Å². The molecule has 0 aliphatic carbocycles. The van der Waals surface area contributed by atoms with Gasteiger partial charge in [0, 0.05) is 62.5 Å². The van der Waals surface area contributed by atoms with Crippen molar-refractivity contribution in [3.8, 4) is 0 Å². The molecule has 5 rings (SSSR count). The van der Waals surface area contributed by atoms with Gasteiger partial charge < -0.3 is 14.0 Å². The van der Waals surface area contributed by atoms with Crippen molar-refractivity contribution in [1.82, 2.24) is 29.4 Å². The van der Waals surface area contributed by atoms with Crippen LogP contribution in [-0.2, 0) is 26.7 Å². The third kappa shape index (κ3) is 3.56. The minimum Gasteiger partial charge on any atom is -0.361 e. The summed E-state index contributed by atoms with van der Waals surface area (Å²) in [6, 6.07) is 4.17. The van der Waals surface area contributed by atoms with Crippen LogP contribution in [0.4, 0.5) is 5.95 Å². The van der Waals surface area contributed by atoms with E-state index >= 15 is 0 Å². The van der Waals surface area contributed by atoms with Gasteiger partial charge in [-0.1, -0.05) is 11.2 Å². The average molecular weight is 424 g/mol. The number of aromatic nitrogens is 5. The SMILES string of the molecule is Cc1noc(C)c1CN(C)Cc1ccc2n(c1=O)C[C@H]1C[C@@H]2CN(c2ncnn2C)C1. The molecule has 2 aliphatic heterocycles. The Hall–Kier alpha value is -2.94. The van der Waals surface area contributed by atoms with Crippen LogP contribution in [0, 0.1) is 19.8 Å². The largest absolute Gasteiger partial charge is 0.361 e. The fraction of sp³-hybridized carbons (Fsp3) is 0.545. The maximum Gasteiger partial charge on any atom is 0.255 e. The molecule has 164 valence electrons. The highest BCUT2D eigenvalue weighted by atomic mass is 16.5. The molecule has 31 heavy (non-hydrogen) atoms. The highest BCUT2D eigenvalue weighted by molar-refractivity contribution is 5.34. The number of fused-ring (bicyclic) bond motifs is 4. The first-order chi connectivity index (χ1) is 14.9. The molecular formula is C22H29N7O2. The van der Waals surface area contributed by atoms with Crippen molar-refractivity contribution < 1.29 is 4.52 Å². The molecule has 2 bridgehead atoms. The molecule has 0 saturated carbocycles. The van der Waals surface area contributed by atoms with Crippen molar-refractivity contribution >= 4 is 5.95 Å². The van der Waals surface area contributed by atoms with Gasteiger partial charge in [0.2, 0.25) is 5.95 Å². The summed E-state index contributed by atoms with van der Waals surface area (Å²) in [4.78, 5) is 22.2. The zero-order chi connectivity index (χ0) is 21.7. The Morgan fingerprint density at radius 2 is 2.03 bits per heavy atom. The molecule has 9 heteroatoms. The quantitative estimate of drug-likeness (QED) is 0.619. The Bertz CT molecular complexity index is 1140. The Labute approximate surface area is 181 Å². The number of aryl methyl sites for hydroxylation is 3. The Kier molecular flexibility index (Phi) is 4.92. The second-order valence-electron chi connectivity index (χ2n) is 9.06. The van der Waals surface area contributed by atoms with Crippen LogP contribution in [0.2, 0.25) is 0 Å². The molecule has 5 heterocycles. The molecule has 0 N–H and O–H groups in total. The molecule has 0 radical (unpaired) electrons. The van der Waals surface area contributed by atoms with Crippen LogP contribution in [0.1, 0.15) is 40.6 Å². The highest BCUT2D eigenvalue weighted by Gasteiger charge is 2.36. The van der Waals surface area contributed by atoms with Crippen LogP contribution in [-0.4, -0.2) is 49.5 Å². The van der Waals surface area contributed by atoms with E-state index in [0.717, 1.165) is 60.3 Å². The lowest BCUT2D eigenvalue weighted by molar-refractivity contribution is 0.274. The van der Waals surface area contributed by atoms with E-state index in [-0.39, 0.29) is 5.56 Å². The normalized spacial score (nSPS) is 20.4. The first-order valence-corrected chi connectivity index (χ1v) is 10.8. The summed E-state index contributed by atoms with van der Waals surface area (Å²) in [5, 5.41) is 8.25. The monoisotopic (exact) mass is 423 g/mol. The first kappa shape index (κ1) is 20.0. The van der Waals surface area contributed by atoms with E-state index in [1.807, 2.05) is 43.3 Å². The second kappa shape index (κ2) is 7.64. The second-order valence-corrected chi connectivity index (χ2v) is 9.06. The first-order valence-electron chi connectivity index (χ1n) is 10.8. The average Bonchev–Trinajstić information content (AvgIpc) is 3.30. The smallest absolute Gasteiger partial charge is 0.255 e. The molecule has 0 unspecified atom stereocenters. The number of anilines is 1. The number of pyridine rings is 1. The molecule has 3 aromatic rings. The van der Waals surface area contributed by atoms with Gasteiger partial charge in [-0.2, -0.15) is 10.1 Å². The van der Waals surface area contributed by atoms with E-state index in [4.69, 9.17) is 4.52 Å². The number of hydrogen-bond acceptors (Lipinski definition) is 7. The van der Waals surface area contributed by atoms with Crippen molar-refractivity contribution in [3.05, 3.63) is 57.1 Å². The third-order valence-corrected chi connectivity index (χ3v) is 6.70. The van der Waals surface area contributed by atoms with Gasteiger partial charge in [-0.3, -0.25) is 9.69 Å². The van der Waals surface area contributed by atoms with E-state index in [1.54, 1.807) is 6.33 Å². The van der Waals surface area contributed by atoms with Gasteiger partial charge in [0.1, 0.15) is 12.1 Å². The van der Waals surface area contributed by atoms with E-state index < -0.39 is 0 Å². The molecule has 3 aromatic heterocycles. The van der Waals surface area contributed by atoms with Crippen molar-refractivity contribution in [2.75, 3.05) is 25.0 Å². The van der Waals surface area contributed by atoms with Gasteiger partial charge >= 0.3 is 0 Å². The maximum atomic E-state index is 13.3.